The first-order chi connectivity index (χ1) is 3.30. The summed E-state index contributed by atoms with van der Waals surface area (Å²) in [7, 11) is 0. The van der Waals surface area contributed by atoms with E-state index in [2.05, 4.69) is 12.6 Å². The molecular weight excluding hydrogens is 131 g/mol. The van der Waals surface area contributed by atoms with Crippen LogP contribution in [-0.4, -0.2) is 0 Å². The van der Waals surface area contributed by atoms with Crippen molar-refractivity contribution in [2.45, 2.75) is 4.90 Å². The zero-order chi connectivity index (χ0) is 5.28. The summed E-state index contributed by atoms with van der Waals surface area (Å²) in [5.41, 5.74) is 0. The Hall–Kier alpha value is -0.0200. The van der Waals surface area contributed by atoms with Gasteiger partial charge in [-0.3, -0.25) is 0 Å². The third-order valence-corrected chi connectivity index (χ3v) is 1.83. The van der Waals surface area contributed by atoms with Crippen LogP contribution in [0.15, 0.2) is 15.7 Å². The highest BCUT2D eigenvalue weighted by Gasteiger charge is 1.93. The normalized spacial score (nSPS) is 9.43. The molecule has 1 rings (SSSR count). The Morgan fingerprint density at radius 3 is 2.43 bits per heavy atom. The second kappa shape index (κ2) is 1.84. The molecule has 1 aromatic rings. The van der Waals surface area contributed by atoms with Crippen LogP contribution in [0.2, 0.25) is 0 Å². The summed E-state index contributed by atoms with van der Waals surface area (Å²) in [6, 6.07) is 0. The fraction of sp³-hybridized carbons (Fsp3) is 0. The van der Waals surface area contributed by atoms with Gasteiger partial charge >= 0.3 is 0 Å². The second-order valence-corrected chi connectivity index (χ2v) is 2.33. The predicted molar refractivity (Wildman–Crippen MR) is 31.5 cm³/mol. The maximum Gasteiger partial charge on any atom is 0.147 e. The number of thiophene rings is 1. The molecule has 0 atom stereocenters. The summed E-state index contributed by atoms with van der Waals surface area (Å²) < 4.78 is 12.0. The number of halogens is 1. The molecule has 0 unspecified atom stereocenters. The largest absolute Gasteiger partial charge is 0.205 e. The number of thiol groups is 1. The molecule has 3 heteroatoms. The zero-order valence-electron chi connectivity index (χ0n) is 3.39. The van der Waals surface area contributed by atoms with E-state index in [0.717, 1.165) is 0 Å². The van der Waals surface area contributed by atoms with Gasteiger partial charge in [0, 0.05) is 10.8 Å². The van der Waals surface area contributed by atoms with Gasteiger partial charge in [-0.2, -0.15) is 0 Å². The maximum absolute atomic E-state index is 12.0. The minimum Gasteiger partial charge on any atom is -0.205 e. The highest BCUT2D eigenvalue weighted by atomic mass is 32.1. The van der Waals surface area contributed by atoms with Gasteiger partial charge in [-0.25, -0.2) is 4.39 Å². The molecule has 0 aromatic carbocycles. The molecule has 0 aliphatic heterocycles. The molecule has 1 heterocycles. The summed E-state index contributed by atoms with van der Waals surface area (Å²) in [4.78, 5) is 0.435. The molecule has 0 N–H and O–H groups in total. The first kappa shape index (κ1) is 5.12. The Labute approximate surface area is 50.4 Å². The fourth-order valence-corrected chi connectivity index (χ4v) is 1.17. The lowest BCUT2D eigenvalue weighted by Gasteiger charge is -1.74. The molecule has 7 heavy (non-hydrogen) atoms. The van der Waals surface area contributed by atoms with Crippen LogP contribution in [0.25, 0.3) is 0 Å². The highest BCUT2D eigenvalue weighted by molar-refractivity contribution is 7.80. The quantitative estimate of drug-likeness (QED) is 0.516. The average Bonchev–Trinajstić information content (AvgIpc) is 1.91. The molecule has 1 aromatic heterocycles. The van der Waals surface area contributed by atoms with Crippen LogP contribution in [0, 0.1) is 5.82 Å². The fourth-order valence-electron chi connectivity index (χ4n) is 0.275. The van der Waals surface area contributed by atoms with Gasteiger partial charge in [0.1, 0.15) is 5.82 Å². The van der Waals surface area contributed by atoms with Gasteiger partial charge in [0.15, 0.2) is 0 Å². The molecule has 0 bridgehead atoms. The van der Waals surface area contributed by atoms with Crippen molar-refractivity contribution in [1.29, 1.82) is 0 Å². The lowest BCUT2D eigenvalue weighted by atomic mass is 10.6. The molecule has 0 nitrogen and oxygen atoms in total. The van der Waals surface area contributed by atoms with Crippen molar-refractivity contribution in [1.82, 2.24) is 0 Å². The van der Waals surface area contributed by atoms with E-state index >= 15 is 0 Å². The second-order valence-electron chi connectivity index (χ2n) is 1.10. The van der Waals surface area contributed by atoms with E-state index in [4.69, 9.17) is 0 Å². The molecule has 0 aliphatic rings. The van der Waals surface area contributed by atoms with E-state index in [-0.39, 0.29) is 5.82 Å². The van der Waals surface area contributed by atoms with Gasteiger partial charge in [0.25, 0.3) is 0 Å². The molecule has 0 amide bonds. The van der Waals surface area contributed by atoms with Gasteiger partial charge < -0.3 is 0 Å². The van der Waals surface area contributed by atoms with Crippen LogP contribution in [-0.2, 0) is 0 Å². The third-order valence-electron chi connectivity index (χ3n) is 0.596. The highest BCUT2D eigenvalue weighted by Crippen LogP contribution is 2.15. The van der Waals surface area contributed by atoms with Crippen molar-refractivity contribution >= 4 is 24.0 Å². The van der Waals surface area contributed by atoms with E-state index in [1.54, 1.807) is 5.38 Å². The third kappa shape index (κ3) is 0.951. The number of hydrogen-bond donors (Lipinski definition) is 1. The van der Waals surface area contributed by atoms with Crippen molar-refractivity contribution in [3.05, 3.63) is 16.6 Å². The summed E-state index contributed by atoms with van der Waals surface area (Å²) in [5, 5.41) is 3.07. The smallest absolute Gasteiger partial charge is 0.147 e. The molecule has 0 spiro atoms. The Morgan fingerprint density at radius 1 is 1.57 bits per heavy atom. The minimum atomic E-state index is -0.228. The van der Waals surface area contributed by atoms with E-state index < -0.39 is 0 Å². The van der Waals surface area contributed by atoms with Gasteiger partial charge in [-0.1, -0.05) is 0 Å². The molecule has 0 fully saturated rings. The van der Waals surface area contributed by atoms with Gasteiger partial charge in [-0.15, -0.1) is 24.0 Å². The summed E-state index contributed by atoms with van der Waals surface area (Å²) >= 11 is 5.10. The minimum absolute atomic E-state index is 0.228. The average molecular weight is 134 g/mol. The van der Waals surface area contributed by atoms with Crippen molar-refractivity contribution < 1.29 is 4.39 Å². The monoisotopic (exact) mass is 134 g/mol. The van der Waals surface area contributed by atoms with E-state index in [1.165, 1.54) is 16.7 Å². The van der Waals surface area contributed by atoms with Crippen molar-refractivity contribution in [3.8, 4) is 0 Å². The summed E-state index contributed by atoms with van der Waals surface area (Å²) in [6.07, 6.45) is 0. The van der Waals surface area contributed by atoms with Crippen LogP contribution < -0.4 is 0 Å². The topological polar surface area (TPSA) is 0 Å². The van der Waals surface area contributed by atoms with Crippen LogP contribution in [0.1, 0.15) is 0 Å². The van der Waals surface area contributed by atoms with E-state index in [1.807, 2.05) is 0 Å². The standard InChI is InChI=1S/C4H3FS2/c5-3-1-7-2-4(3)6/h1-2,6H. The Balaban J connectivity index is 3.12. The van der Waals surface area contributed by atoms with Gasteiger partial charge in [0.2, 0.25) is 0 Å². The first-order valence-electron chi connectivity index (χ1n) is 1.71. The first-order valence-corrected chi connectivity index (χ1v) is 3.10. The number of hydrogen-bond acceptors (Lipinski definition) is 2. The zero-order valence-corrected chi connectivity index (χ0v) is 5.10. The molecule has 0 aliphatic carbocycles. The molecule has 0 saturated carbocycles. The molecule has 0 saturated heterocycles. The van der Waals surface area contributed by atoms with Crippen molar-refractivity contribution in [2.75, 3.05) is 0 Å². The number of rotatable bonds is 0. The van der Waals surface area contributed by atoms with Gasteiger partial charge in [0.05, 0.1) is 4.90 Å². The maximum atomic E-state index is 12.0. The molecule has 38 valence electrons. The molecule has 0 radical (unpaired) electrons. The van der Waals surface area contributed by atoms with Crippen LogP contribution in [0.4, 0.5) is 4.39 Å². The summed E-state index contributed by atoms with van der Waals surface area (Å²) in [6.45, 7) is 0. The SMILES string of the molecule is Fc1cscc1S. The lowest BCUT2D eigenvalue weighted by Crippen LogP contribution is -1.59. The van der Waals surface area contributed by atoms with Gasteiger partial charge in [-0.05, 0) is 0 Å². The van der Waals surface area contributed by atoms with Crippen LogP contribution >= 0.6 is 24.0 Å². The van der Waals surface area contributed by atoms with Crippen LogP contribution in [0.5, 0.6) is 0 Å². The molecular formula is C4H3FS2. The van der Waals surface area contributed by atoms with Crippen LogP contribution in [0.3, 0.4) is 0 Å². The predicted octanol–water partition coefficient (Wildman–Crippen LogP) is 2.18. The van der Waals surface area contributed by atoms with E-state index in [9.17, 15) is 4.39 Å². The van der Waals surface area contributed by atoms with Crippen molar-refractivity contribution in [3.63, 3.8) is 0 Å². The van der Waals surface area contributed by atoms with Crippen molar-refractivity contribution in [2.24, 2.45) is 0 Å². The van der Waals surface area contributed by atoms with E-state index in [0.29, 0.717) is 4.90 Å². The Bertz CT molecular complexity index is 142. The Kier molecular flexibility index (Phi) is 1.35. The summed E-state index contributed by atoms with van der Waals surface area (Å²) in [5.74, 6) is -0.228. The Morgan fingerprint density at radius 2 is 2.29 bits per heavy atom. The lowest BCUT2D eigenvalue weighted by molar-refractivity contribution is 0.610.